The highest BCUT2D eigenvalue weighted by Crippen LogP contribution is 2.21. The molecule has 7 nitrogen and oxygen atoms in total. The van der Waals surface area contributed by atoms with Gasteiger partial charge in [-0.15, -0.1) is 11.3 Å². The average Bonchev–Trinajstić information content (AvgIpc) is 3.01. The standard InChI is InChI=1S/C14H18N4O3S/c1-14(2,3)10-5-9(18(4)17-10)12(19)15-6-11-16-8(7-22-11)13(20)21/h5,7H,6H2,1-4H3,(H,15,19)(H,20,21). The van der Waals surface area contributed by atoms with Gasteiger partial charge in [0.2, 0.25) is 0 Å². The summed E-state index contributed by atoms with van der Waals surface area (Å²) in [7, 11) is 1.72. The van der Waals surface area contributed by atoms with Gasteiger partial charge in [0.1, 0.15) is 10.7 Å². The van der Waals surface area contributed by atoms with Gasteiger partial charge >= 0.3 is 5.97 Å². The molecule has 22 heavy (non-hydrogen) atoms. The summed E-state index contributed by atoms with van der Waals surface area (Å²) in [4.78, 5) is 26.9. The van der Waals surface area contributed by atoms with Crippen molar-refractivity contribution in [3.8, 4) is 0 Å². The number of carbonyl (C=O) groups is 2. The van der Waals surface area contributed by atoms with Crippen LogP contribution in [0.3, 0.4) is 0 Å². The van der Waals surface area contributed by atoms with Gasteiger partial charge in [0.15, 0.2) is 5.69 Å². The first kappa shape index (κ1) is 16.2. The van der Waals surface area contributed by atoms with Gasteiger partial charge in [-0.2, -0.15) is 5.10 Å². The predicted octanol–water partition coefficient (Wildman–Crippen LogP) is 1.80. The average molecular weight is 322 g/mol. The Morgan fingerprint density at radius 2 is 2.09 bits per heavy atom. The second kappa shape index (κ2) is 5.88. The molecule has 8 heteroatoms. The molecule has 0 spiro atoms. The molecule has 0 fully saturated rings. The molecule has 2 N–H and O–H groups in total. The summed E-state index contributed by atoms with van der Waals surface area (Å²) in [6.45, 7) is 6.27. The van der Waals surface area contributed by atoms with Gasteiger partial charge in [-0.1, -0.05) is 20.8 Å². The summed E-state index contributed by atoms with van der Waals surface area (Å²) in [5, 5.41) is 17.9. The van der Waals surface area contributed by atoms with E-state index < -0.39 is 5.97 Å². The third kappa shape index (κ3) is 3.51. The van der Waals surface area contributed by atoms with Gasteiger partial charge < -0.3 is 10.4 Å². The van der Waals surface area contributed by atoms with Gasteiger partial charge in [-0.05, 0) is 6.07 Å². The Kier molecular flexibility index (Phi) is 4.32. The van der Waals surface area contributed by atoms with Crippen LogP contribution in [-0.4, -0.2) is 31.7 Å². The fourth-order valence-corrected chi connectivity index (χ4v) is 2.49. The molecule has 0 unspecified atom stereocenters. The highest BCUT2D eigenvalue weighted by atomic mass is 32.1. The first-order valence-electron chi connectivity index (χ1n) is 6.69. The second-order valence-corrected chi connectivity index (χ2v) is 6.85. The highest BCUT2D eigenvalue weighted by Gasteiger charge is 2.21. The van der Waals surface area contributed by atoms with E-state index in [1.54, 1.807) is 17.8 Å². The smallest absolute Gasteiger partial charge is 0.355 e. The number of rotatable bonds is 4. The molecule has 2 aromatic rings. The van der Waals surface area contributed by atoms with Gasteiger partial charge in [0, 0.05) is 17.8 Å². The molecule has 0 aliphatic carbocycles. The van der Waals surface area contributed by atoms with Crippen LogP contribution < -0.4 is 5.32 Å². The van der Waals surface area contributed by atoms with Crippen LogP contribution in [0.4, 0.5) is 0 Å². The molecular formula is C14H18N4O3S. The van der Waals surface area contributed by atoms with Crippen LogP contribution in [-0.2, 0) is 19.0 Å². The number of amides is 1. The van der Waals surface area contributed by atoms with Gasteiger partial charge in [0.05, 0.1) is 12.2 Å². The van der Waals surface area contributed by atoms with Crippen LogP contribution >= 0.6 is 11.3 Å². The summed E-state index contributed by atoms with van der Waals surface area (Å²) in [6.07, 6.45) is 0. The summed E-state index contributed by atoms with van der Waals surface area (Å²) in [5.74, 6) is -1.34. The summed E-state index contributed by atoms with van der Waals surface area (Å²) < 4.78 is 1.54. The lowest BCUT2D eigenvalue weighted by molar-refractivity contribution is 0.0691. The van der Waals surface area contributed by atoms with Crippen molar-refractivity contribution in [1.29, 1.82) is 0 Å². The molecule has 2 heterocycles. The number of aryl methyl sites for hydroxylation is 1. The molecule has 0 radical (unpaired) electrons. The van der Waals surface area contributed by atoms with Crippen molar-refractivity contribution in [3.63, 3.8) is 0 Å². The van der Waals surface area contributed by atoms with Crippen LogP contribution in [0.1, 0.15) is 52.4 Å². The third-order valence-electron chi connectivity index (χ3n) is 3.05. The van der Waals surface area contributed by atoms with Crippen molar-refractivity contribution in [2.75, 3.05) is 0 Å². The number of aromatic carboxylic acids is 1. The van der Waals surface area contributed by atoms with Crippen molar-refractivity contribution in [2.24, 2.45) is 7.05 Å². The number of aromatic nitrogens is 3. The molecule has 2 rings (SSSR count). The lowest BCUT2D eigenvalue weighted by Gasteiger charge is -2.13. The zero-order chi connectivity index (χ0) is 16.5. The Morgan fingerprint density at radius 3 is 2.59 bits per heavy atom. The predicted molar refractivity (Wildman–Crippen MR) is 82.2 cm³/mol. The fourth-order valence-electron chi connectivity index (χ4n) is 1.78. The number of carboxylic acid groups (broad SMARTS) is 1. The Hall–Kier alpha value is -2.22. The molecule has 0 saturated carbocycles. The maximum absolute atomic E-state index is 12.2. The van der Waals surface area contributed by atoms with E-state index in [-0.39, 0.29) is 23.6 Å². The van der Waals surface area contributed by atoms with Crippen LogP contribution in [0.25, 0.3) is 0 Å². The van der Waals surface area contributed by atoms with Gasteiger partial charge in [-0.3, -0.25) is 9.48 Å². The Bertz CT molecular complexity index is 712. The lowest BCUT2D eigenvalue weighted by Crippen LogP contribution is -2.25. The quantitative estimate of drug-likeness (QED) is 0.894. The van der Waals surface area contributed by atoms with E-state index in [4.69, 9.17) is 5.11 Å². The third-order valence-corrected chi connectivity index (χ3v) is 3.90. The first-order chi connectivity index (χ1) is 10.2. The molecule has 0 saturated heterocycles. The van der Waals surface area contributed by atoms with E-state index in [2.05, 4.69) is 15.4 Å². The van der Waals surface area contributed by atoms with Gasteiger partial charge in [0.25, 0.3) is 5.91 Å². The molecule has 0 aliphatic rings. The van der Waals surface area contributed by atoms with E-state index in [9.17, 15) is 9.59 Å². The maximum atomic E-state index is 12.2. The molecule has 118 valence electrons. The Balaban J connectivity index is 2.06. The summed E-state index contributed by atoms with van der Waals surface area (Å²) >= 11 is 1.20. The van der Waals surface area contributed by atoms with Gasteiger partial charge in [-0.25, -0.2) is 9.78 Å². The SMILES string of the molecule is Cn1nc(C(C)(C)C)cc1C(=O)NCc1nc(C(=O)O)cs1. The van der Waals surface area contributed by atoms with Crippen molar-refractivity contribution in [3.05, 3.63) is 33.5 Å². The second-order valence-electron chi connectivity index (χ2n) is 5.90. The maximum Gasteiger partial charge on any atom is 0.355 e. The van der Waals surface area contributed by atoms with Crippen LogP contribution in [0.2, 0.25) is 0 Å². The van der Waals surface area contributed by atoms with Crippen molar-refractivity contribution in [2.45, 2.75) is 32.7 Å². The summed E-state index contributed by atoms with van der Waals surface area (Å²) in [5.41, 5.74) is 1.15. The molecule has 2 aromatic heterocycles. The molecule has 0 aromatic carbocycles. The number of hydrogen-bond acceptors (Lipinski definition) is 5. The summed E-state index contributed by atoms with van der Waals surface area (Å²) in [6, 6.07) is 1.76. The molecule has 0 atom stereocenters. The number of hydrogen-bond donors (Lipinski definition) is 2. The van der Waals surface area contributed by atoms with Crippen LogP contribution in [0.5, 0.6) is 0 Å². The first-order valence-corrected chi connectivity index (χ1v) is 7.57. The molecule has 0 bridgehead atoms. The Morgan fingerprint density at radius 1 is 1.41 bits per heavy atom. The lowest BCUT2D eigenvalue weighted by atomic mass is 9.92. The number of nitrogens with zero attached hydrogens (tertiary/aromatic N) is 3. The largest absolute Gasteiger partial charge is 0.476 e. The van der Waals surface area contributed by atoms with Crippen molar-refractivity contribution < 1.29 is 14.7 Å². The monoisotopic (exact) mass is 322 g/mol. The number of carbonyl (C=O) groups excluding carboxylic acids is 1. The molecule has 0 aliphatic heterocycles. The molecule has 1 amide bonds. The minimum absolute atomic E-state index is 0.00944. The van der Waals surface area contributed by atoms with Crippen LogP contribution in [0, 0.1) is 0 Å². The zero-order valence-electron chi connectivity index (χ0n) is 12.9. The number of nitrogens with one attached hydrogen (secondary N) is 1. The van der Waals surface area contributed by atoms with Crippen LogP contribution in [0.15, 0.2) is 11.4 Å². The Labute approximate surface area is 132 Å². The van der Waals surface area contributed by atoms with E-state index >= 15 is 0 Å². The minimum Gasteiger partial charge on any atom is -0.476 e. The normalized spacial score (nSPS) is 11.5. The topological polar surface area (TPSA) is 97.1 Å². The van der Waals surface area contributed by atoms with E-state index in [0.29, 0.717) is 10.7 Å². The number of thiazole rings is 1. The minimum atomic E-state index is -1.07. The fraction of sp³-hybridized carbons (Fsp3) is 0.429. The van der Waals surface area contributed by atoms with E-state index in [0.717, 1.165) is 5.69 Å². The molecular weight excluding hydrogens is 304 g/mol. The van der Waals surface area contributed by atoms with Crippen molar-refractivity contribution >= 4 is 23.2 Å². The van der Waals surface area contributed by atoms with E-state index in [1.807, 2.05) is 20.8 Å². The number of carboxylic acids is 1. The van der Waals surface area contributed by atoms with E-state index in [1.165, 1.54) is 16.7 Å². The highest BCUT2D eigenvalue weighted by molar-refractivity contribution is 7.09. The zero-order valence-corrected chi connectivity index (χ0v) is 13.7. The van der Waals surface area contributed by atoms with Crippen molar-refractivity contribution in [1.82, 2.24) is 20.1 Å².